The minimum absolute atomic E-state index is 0.121. The average molecular weight is 430 g/mol. The van der Waals surface area contributed by atoms with Crippen LogP contribution >= 0.6 is 0 Å². The molecule has 2 fully saturated rings. The van der Waals surface area contributed by atoms with Gasteiger partial charge in [-0.1, -0.05) is 48.6 Å². The van der Waals surface area contributed by atoms with Crippen LogP contribution in [0, 0.1) is 6.92 Å². The largest absolute Gasteiger partial charge is 0.435 e. The predicted octanol–water partition coefficient (Wildman–Crippen LogP) is 6.00. The Balaban J connectivity index is 1.80. The molecule has 1 aromatic rings. The molecule has 5 nitrogen and oxygen atoms in total. The minimum Gasteiger partial charge on any atom is -0.435 e. The van der Waals surface area contributed by atoms with Gasteiger partial charge in [-0.3, -0.25) is 0 Å². The normalized spacial score (nSPS) is 25.5. The van der Waals surface area contributed by atoms with Crippen LogP contribution in [0.2, 0.25) is 0 Å². The number of allylic oxidation sites excluding steroid dienone is 3. The zero-order valence-corrected chi connectivity index (χ0v) is 18.5. The molecular formula is C24H31NO4S. The first-order valence-electron chi connectivity index (χ1n) is 11.2. The molecule has 2 aliphatic carbocycles. The van der Waals surface area contributed by atoms with E-state index in [4.69, 9.17) is 4.74 Å². The second-order valence-corrected chi connectivity index (χ2v) is 10.6. The molecule has 6 heteroatoms. The quantitative estimate of drug-likeness (QED) is 0.591. The molecular weight excluding hydrogens is 398 g/mol. The molecule has 0 bridgehead atoms. The Labute approximate surface area is 179 Å². The van der Waals surface area contributed by atoms with Crippen LogP contribution in [-0.2, 0) is 14.8 Å². The van der Waals surface area contributed by atoms with Gasteiger partial charge in [-0.2, -0.15) is 4.31 Å². The number of carbonyl (C=O) groups excluding carboxylic acids is 1. The lowest BCUT2D eigenvalue weighted by Gasteiger charge is -2.32. The van der Waals surface area contributed by atoms with Crippen LogP contribution in [-0.4, -0.2) is 24.4 Å². The highest BCUT2D eigenvalue weighted by molar-refractivity contribution is 7.89. The molecule has 0 atom stereocenters. The zero-order chi connectivity index (χ0) is 21.2. The summed E-state index contributed by atoms with van der Waals surface area (Å²) in [4.78, 5) is 13.1. The Morgan fingerprint density at radius 2 is 1.63 bits per heavy atom. The molecule has 1 saturated carbocycles. The molecule has 1 aliphatic heterocycles. The van der Waals surface area contributed by atoms with E-state index < -0.39 is 21.7 Å². The molecule has 1 heterocycles. The third-order valence-electron chi connectivity index (χ3n) is 6.50. The van der Waals surface area contributed by atoms with Crippen molar-refractivity contribution in [3.8, 4) is 0 Å². The standard InChI is InChI=1S/C24H31NO4S/c1-19-12-14-21(15-13-19)30(27,28)25-22(18-20-10-6-3-2-4-7-11-20)24(29-23(25)26)16-8-5-9-17-24/h10,12-15,18H,2-9,11,16-17H2,1H3/b20-10+,22-18+. The number of amides is 1. The van der Waals surface area contributed by atoms with Crippen LogP contribution in [0.15, 0.2) is 52.6 Å². The first-order valence-corrected chi connectivity index (χ1v) is 12.6. The number of aryl methyl sites for hydroxylation is 1. The number of nitrogens with zero attached hydrogens (tertiary/aromatic N) is 1. The Morgan fingerprint density at radius 1 is 0.967 bits per heavy atom. The summed E-state index contributed by atoms with van der Waals surface area (Å²) < 4.78 is 33.8. The van der Waals surface area contributed by atoms with E-state index in [1.54, 1.807) is 24.3 Å². The number of ether oxygens (including phenoxy) is 1. The summed E-state index contributed by atoms with van der Waals surface area (Å²) in [5, 5.41) is 0. The fourth-order valence-electron chi connectivity index (χ4n) is 4.78. The van der Waals surface area contributed by atoms with E-state index in [2.05, 4.69) is 6.08 Å². The van der Waals surface area contributed by atoms with Gasteiger partial charge in [0.25, 0.3) is 10.0 Å². The Morgan fingerprint density at radius 3 is 2.37 bits per heavy atom. The number of hydrogen-bond acceptors (Lipinski definition) is 4. The molecule has 1 aromatic carbocycles. The maximum absolute atomic E-state index is 13.5. The Kier molecular flexibility index (Phi) is 6.05. The van der Waals surface area contributed by atoms with Gasteiger partial charge in [0.2, 0.25) is 0 Å². The van der Waals surface area contributed by atoms with Crippen molar-refractivity contribution in [3.05, 3.63) is 53.3 Å². The van der Waals surface area contributed by atoms with Gasteiger partial charge in [-0.15, -0.1) is 0 Å². The molecule has 1 spiro atoms. The maximum atomic E-state index is 13.5. The van der Waals surface area contributed by atoms with Gasteiger partial charge in [0.1, 0.15) is 0 Å². The van der Waals surface area contributed by atoms with Crippen molar-refractivity contribution in [2.75, 3.05) is 0 Å². The summed E-state index contributed by atoms with van der Waals surface area (Å²) in [6.07, 6.45) is 14.3. The highest BCUT2D eigenvalue weighted by Crippen LogP contribution is 2.47. The minimum atomic E-state index is -4.03. The third-order valence-corrected chi connectivity index (χ3v) is 8.20. The van der Waals surface area contributed by atoms with Gasteiger partial charge >= 0.3 is 6.09 Å². The highest BCUT2D eigenvalue weighted by atomic mass is 32.2. The predicted molar refractivity (Wildman–Crippen MR) is 116 cm³/mol. The van der Waals surface area contributed by atoms with Gasteiger partial charge < -0.3 is 4.74 Å². The monoisotopic (exact) mass is 429 g/mol. The third kappa shape index (κ3) is 4.07. The van der Waals surface area contributed by atoms with Crippen molar-refractivity contribution >= 4 is 16.1 Å². The summed E-state index contributed by atoms with van der Waals surface area (Å²) >= 11 is 0. The molecule has 1 saturated heterocycles. The van der Waals surface area contributed by atoms with Crippen LogP contribution in [0.5, 0.6) is 0 Å². The number of benzene rings is 1. The fraction of sp³-hybridized carbons (Fsp3) is 0.542. The zero-order valence-electron chi connectivity index (χ0n) is 17.7. The van der Waals surface area contributed by atoms with E-state index >= 15 is 0 Å². The van der Waals surface area contributed by atoms with Crippen molar-refractivity contribution < 1.29 is 17.9 Å². The van der Waals surface area contributed by atoms with Crippen molar-refractivity contribution in [2.24, 2.45) is 0 Å². The number of hydrogen-bond donors (Lipinski definition) is 0. The first-order chi connectivity index (χ1) is 14.4. The molecule has 0 aromatic heterocycles. The summed E-state index contributed by atoms with van der Waals surface area (Å²) in [6.45, 7) is 1.91. The molecule has 0 unspecified atom stereocenters. The van der Waals surface area contributed by atoms with Crippen molar-refractivity contribution in [1.29, 1.82) is 0 Å². The van der Waals surface area contributed by atoms with Crippen molar-refractivity contribution in [2.45, 2.75) is 88.0 Å². The van der Waals surface area contributed by atoms with Crippen LogP contribution < -0.4 is 0 Å². The van der Waals surface area contributed by atoms with Crippen LogP contribution in [0.3, 0.4) is 0 Å². The van der Waals surface area contributed by atoms with E-state index in [9.17, 15) is 13.2 Å². The topological polar surface area (TPSA) is 63.7 Å². The summed E-state index contributed by atoms with van der Waals surface area (Å²) in [5.74, 6) is 0. The molecule has 30 heavy (non-hydrogen) atoms. The second-order valence-electron chi connectivity index (χ2n) is 8.77. The lowest BCUT2D eigenvalue weighted by atomic mass is 9.81. The Hall–Kier alpha value is -2.08. The SMILES string of the molecule is Cc1ccc(S(=O)(=O)N2C(=O)OC3(CCCCC3)/C2=C\C2=C\CCCCCC2)cc1. The molecule has 3 aliphatic rings. The van der Waals surface area contributed by atoms with Crippen molar-refractivity contribution in [3.63, 3.8) is 0 Å². The van der Waals surface area contributed by atoms with Gasteiger partial charge in [0, 0.05) is 0 Å². The van der Waals surface area contributed by atoms with E-state index in [1.165, 1.54) is 12.8 Å². The smallest absolute Gasteiger partial charge is 0.429 e. The second kappa shape index (κ2) is 8.58. The van der Waals surface area contributed by atoms with Crippen LogP contribution in [0.4, 0.5) is 4.79 Å². The van der Waals surface area contributed by atoms with Crippen LogP contribution in [0.25, 0.3) is 0 Å². The molecule has 1 amide bonds. The van der Waals surface area contributed by atoms with Gasteiger partial charge in [-0.05, 0) is 76.5 Å². The molecule has 0 N–H and O–H groups in total. The Bertz CT molecular complexity index is 953. The highest BCUT2D eigenvalue weighted by Gasteiger charge is 2.54. The van der Waals surface area contributed by atoms with E-state index in [0.717, 1.165) is 60.4 Å². The van der Waals surface area contributed by atoms with Gasteiger partial charge in [-0.25, -0.2) is 13.2 Å². The van der Waals surface area contributed by atoms with Crippen molar-refractivity contribution in [1.82, 2.24) is 4.31 Å². The van der Waals surface area contributed by atoms with Crippen LogP contribution in [0.1, 0.15) is 76.2 Å². The van der Waals surface area contributed by atoms with E-state index in [1.807, 2.05) is 13.0 Å². The number of carbonyl (C=O) groups is 1. The molecule has 162 valence electrons. The first kappa shape index (κ1) is 21.2. The lowest BCUT2D eigenvalue weighted by Crippen LogP contribution is -2.36. The summed E-state index contributed by atoms with van der Waals surface area (Å²) in [5.41, 5.74) is 1.78. The summed E-state index contributed by atoms with van der Waals surface area (Å²) in [7, 11) is -4.03. The number of sulfonamides is 1. The van der Waals surface area contributed by atoms with E-state index in [-0.39, 0.29) is 4.90 Å². The fourth-order valence-corrected chi connectivity index (χ4v) is 6.18. The maximum Gasteiger partial charge on any atom is 0.429 e. The lowest BCUT2D eigenvalue weighted by molar-refractivity contribution is 0.0403. The summed E-state index contributed by atoms with van der Waals surface area (Å²) in [6, 6.07) is 6.64. The van der Waals surface area contributed by atoms with Gasteiger partial charge in [0.15, 0.2) is 5.60 Å². The van der Waals surface area contributed by atoms with Gasteiger partial charge in [0.05, 0.1) is 10.6 Å². The molecule has 4 rings (SSSR count). The molecule has 0 radical (unpaired) electrons. The van der Waals surface area contributed by atoms with E-state index in [0.29, 0.717) is 18.5 Å². The average Bonchev–Trinajstić information content (AvgIpc) is 2.95. The number of rotatable bonds is 3.